The van der Waals surface area contributed by atoms with Crippen LogP contribution >= 0.6 is 0 Å². The smallest absolute Gasteiger partial charge is 0.140 e. The lowest BCUT2D eigenvalue weighted by molar-refractivity contribution is 1.24. The van der Waals surface area contributed by atoms with Crippen molar-refractivity contribution in [2.75, 3.05) is 0 Å². The lowest BCUT2D eigenvalue weighted by Crippen LogP contribution is -1.83. The molecule has 84 valence electrons. The molecule has 0 atom stereocenters. The van der Waals surface area contributed by atoms with Gasteiger partial charge in [0.2, 0.25) is 0 Å². The Morgan fingerprint density at radius 2 is 1.88 bits per heavy atom. The molecule has 0 saturated carbocycles. The largest absolute Gasteiger partial charge is 0.338 e. The Hall–Kier alpha value is -2.16. The third-order valence-corrected chi connectivity index (χ3v) is 2.79. The molecule has 0 aliphatic rings. The number of nitrogens with zero attached hydrogens (tertiary/aromatic N) is 2. The number of nitrogens with one attached hydrogen (secondary N) is 1. The van der Waals surface area contributed by atoms with Gasteiger partial charge in [0, 0.05) is 18.0 Å². The summed E-state index contributed by atoms with van der Waals surface area (Å²) in [6.45, 7) is 4.11. The molecule has 0 aliphatic carbocycles. The fraction of sp³-hybridized carbons (Fsp3) is 0.143. The van der Waals surface area contributed by atoms with Crippen molar-refractivity contribution in [1.29, 1.82) is 0 Å². The van der Waals surface area contributed by atoms with Crippen LogP contribution in [0.3, 0.4) is 0 Å². The van der Waals surface area contributed by atoms with E-state index in [2.05, 4.69) is 40.1 Å². The molecule has 3 aromatic rings. The van der Waals surface area contributed by atoms with Gasteiger partial charge in [-0.3, -0.25) is 4.98 Å². The predicted molar refractivity (Wildman–Crippen MR) is 68.8 cm³/mol. The van der Waals surface area contributed by atoms with Crippen molar-refractivity contribution in [3.8, 4) is 11.4 Å². The number of pyridine rings is 1. The molecule has 0 spiro atoms. The van der Waals surface area contributed by atoms with Crippen LogP contribution in [-0.2, 0) is 0 Å². The lowest BCUT2D eigenvalue weighted by atomic mass is 10.2. The Balaban J connectivity index is 2.18. The van der Waals surface area contributed by atoms with Gasteiger partial charge in [-0.15, -0.1) is 0 Å². The Morgan fingerprint density at radius 1 is 1.00 bits per heavy atom. The molecule has 1 N–H and O–H groups in total. The summed E-state index contributed by atoms with van der Waals surface area (Å²) in [5.41, 5.74) is 5.46. The highest BCUT2D eigenvalue weighted by molar-refractivity contribution is 5.79. The second kappa shape index (κ2) is 3.70. The summed E-state index contributed by atoms with van der Waals surface area (Å²) in [7, 11) is 0. The highest BCUT2D eigenvalue weighted by Gasteiger charge is 2.05. The first-order valence-electron chi connectivity index (χ1n) is 5.61. The van der Waals surface area contributed by atoms with Crippen molar-refractivity contribution < 1.29 is 0 Å². The van der Waals surface area contributed by atoms with Gasteiger partial charge in [0.1, 0.15) is 5.82 Å². The normalized spacial score (nSPS) is 10.9. The van der Waals surface area contributed by atoms with E-state index in [1.165, 1.54) is 5.56 Å². The van der Waals surface area contributed by atoms with Gasteiger partial charge in [0.05, 0.1) is 11.0 Å². The average molecular weight is 223 g/mol. The number of benzene rings is 1. The molecule has 0 fully saturated rings. The van der Waals surface area contributed by atoms with E-state index in [0.717, 1.165) is 28.0 Å². The second-order valence-corrected chi connectivity index (χ2v) is 4.36. The highest BCUT2D eigenvalue weighted by Crippen LogP contribution is 2.21. The Morgan fingerprint density at radius 3 is 2.71 bits per heavy atom. The minimum absolute atomic E-state index is 0.877. The summed E-state index contributed by atoms with van der Waals surface area (Å²) in [5.74, 6) is 0.877. The molecule has 2 aromatic heterocycles. The summed E-state index contributed by atoms with van der Waals surface area (Å²) in [5, 5.41) is 0. The molecule has 2 heterocycles. The van der Waals surface area contributed by atoms with Gasteiger partial charge in [-0.1, -0.05) is 6.07 Å². The van der Waals surface area contributed by atoms with Crippen LogP contribution < -0.4 is 0 Å². The third kappa shape index (κ3) is 1.80. The standard InChI is InChI=1S/C14H13N3/c1-9-3-4-12-13(6-9)17-14(16-12)11-5-10(2)7-15-8-11/h3-8H,1-2H3,(H,16,17). The lowest BCUT2D eigenvalue weighted by Gasteiger charge is -1.96. The summed E-state index contributed by atoms with van der Waals surface area (Å²) in [4.78, 5) is 12.1. The average Bonchev–Trinajstić information content (AvgIpc) is 2.72. The van der Waals surface area contributed by atoms with Crippen LogP contribution in [0, 0.1) is 13.8 Å². The zero-order valence-electron chi connectivity index (χ0n) is 9.86. The maximum absolute atomic E-state index is 4.57. The number of rotatable bonds is 1. The molecule has 0 amide bonds. The summed E-state index contributed by atoms with van der Waals surface area (Å²) in [6, 6.07) is 8.29. The van der Waals surface area contributed by atoms with E-state index >= 15 is 0 Å². The van der Waals surface area contributed by atoms with E-state index in [0.29, 0.717) is 0 Å². The van der Waals surface area contributed by atoms with E-state index in [9.17, 15) is 0 Å². The third-order valence-electron chi connectivity index (χ3n) is 2.79. The summed E-state index contributed by atoms with van der Waals surface area (Å²) < 4.78 is 0. The van der Waals surface area contributed by atoms with Gasteiger partial charge < -0.3 is 4.98 Å². The number of aromatic nitrogens is 3. The summed E-state index contributed by atoms with van der Waals surface area (Å²) in [6.07, 6.45) is 3.67. The molecular weight excluding hydrogens is 210 g/mol. The van der Waals surface area contributed by atoms with E-state index in [4.69, 9.17) is 0 Å². The van der Waals surface area contributed by atoms with Gasteiger partial charge in [-0.25, -0.2) is 4.98 Å². The molecule has 3 nitrogen and oxygen atoms in total. The minimum Gasteiger partial charge on any atom is -0.338 e. The number of aryl methyl sites for hydroxylation is 2. The summed E-state index contributed by atoms with van der Waals surface area (Å²) >= 11 is 0. The number of aromatic amines is 1. The first-order chi connectivity index (χ1) is 8.22. The Kier molecular flexibility index (Phi) is 2.18. The van der Waals surface area contributed by atoms with Crippen LogP contribution in [0.2, 0.25) is 0 Å². The van der Waals surface area contributed by atoms with Crippen molar-refractivity contribution in [3.05, 3.63) is 47.8 Å². The fourth-order valence-electron chi connectivity index (χ4n) is 1.94. The van der Waals surface area contributed by atoms with Crippen LogP contribution in [0.15, 0.2) is 36.7 Å². The SMILES string of the molecule is Cc1cncc(-c2nc3ccc(C)cc3[nH]2)c1. The number of hydrogen-bond acceptors (Lipinski definition) is 2. The number of hydrogen-bond donors (Lipinski definition) is 1. The highest BCUT2D eigenvalue weighted by atomic mass is 14.9. The number of imidazole rings is 1. The maximum atomic E-state index is 4.57. The Labute approximate surface area is 99.5 Å². The van der Waals surface area contributed by atoms with Crippen molar-refractivity contribution in [2.24, 2.45) is 0 Å². The van der Waals surface area contributed by atoms with Crippen LogP contribution in [0.5, 0.6) is 0 Å². The molecule has 1 aromatic carbocycles. The van der Waals surface area contributed by atoms with Gasteiger partial charge >= 0.3 is 0 Å². The van der Waals surface area contributed by atoms with Crippen LogP contribution in [0.1, 0.15) is 11.1 Å². The molecule has 0 saturated heterocycles. The molecule has 0 aliphatic heterocycles. The van der Waals surface area contributed by atoms with E-state index in [1.54, 1.807) is 0 Å². The zero-order valence-corrected chi connectivity index (χ0v) is 9.86. The first kappa shape index (κ1) is 10.0. The van der Waals surface area contributed by atoms with E-state index < -0.39 is 0 Å². The second-order valence-electron chi connectivity index (χ2n) is 4.36. The van der Waals surface area contributed by atoms with Crippen molar-refractivity contribution in [1.82, 2.24) is 15.0 Å². The Bertz CT molecular complexity index is 683. The van der Waals surface area contributed by atoms with Crippen LogP contribution in [-0.4, -0.2) is 15.0 Å². The van der Waals surface area contributed by atoms with Crippen molar-refractivity contribution in [2.45, 2.75) is 13.8 Å². The van der Waals surface area contributed by atoms with Gasteiger partial charge in [-0.05, 0) is 43.2 Å². The number of fused-ring (bicyclic) bond motifs is 1. The van der Waals surface area contributed by atoms with Crippen molar-refractivity contribution >= 4 is 11.0 Å². The molecule has 0 radical (unpaired) electrons. The van der Waals surface area contributed by atoms with Crippen LogP contribution in [0.25, 0.3) is 22.4 Å². The molecule has 17 heavy (non-hydrogen) atoms. The monoisotopic (exact) mass is 223 g/mol. The molecule has 0 bridgehead atoms. The first-order valence-corrected chi connectivity index (χ1v) is 5.61. The molecule has 3 heteroatoms. The van der Waals surface area contributed by atoms with Gasteiger partial charge in [0.15, 0.2) is 0 Å². The van der Waals surface area contributed by atoms with Crippen LogP contribution in [0.4, 0.5) is 0 Å². The fourth-order valence-corrected chi connectivity index (χ4v) is 1.94. The quantitative estimate of drug-likeness (QED) is 0.688. The van der Waals surface area contributed by atoms with Gasteiger partial charge in [0.25, 0.3) is 0 Å². The topological polar surface area (TPSA) is 41.6 Å². The zero-order chi connectivity index (χ0) is 11.8. The van der Waals surface area contributed by atoms with Gasteiger partial charge in [-0.2, -0.15) is 0 Å². The minimum atomic E-state index is 0.877. The predicted octanol–water partition coefficient (Wildman–Crippen LogP) is 3.24. The molecular formula is C14H13N3. The maximum Gasteiger partial charge on any atom is 0.140 e. The molecule has 3 rings (SSSR count). The molecule has 0 unspecified atom stereocenters. The van der Waals surface area contributed by atoms with E-state index in [1.807, 2.05) is 25.4 Å². The van der Waals surface area contributed by atoms with Crippen molar-refractivity contribution in [3.63, 3.8) is 0 Å². The number of H-pyrrole nitrogens is 1. The van der Waals surface area contributed by atoms with E-state index in [-0.39, 0.29) is 0 Å².